The van der Waals surface area contributed by atoms with E-state index in [1.165, 1.54) is 16.7 Å². The summed E-state index contributed by atoms with van der Waals surface area (Å²) in [5.74, 6) is 1.03. The number of rotatable bonds is 3. The number of carbonyl (C=O) groups excluding carboxylic acids is 1. The molecule has 0 saturated carbocycles. The van der Waals surface area contributed by atoms with E-state index in [-0.39, 0.29) is 24.2 Å². The van der Waals surface area contributed by atoms with Crippen LogP contribution in [0, 0.1) is 12.8 Å². The fourth-order valence-corrected chi connectivity index (χ4v) is 4.41. The Bertz CT molecular complexity index is 775. The maximum Gasteiger partial charge on any atom is 0.227 e. The van der Waals surface area contributed by atoms with E-state index in [0.29, 0.717) is 11.8 Å². The smallest absolute Gasteiger partial charge is 0.227 e. The lowest BCUT2D eigenvalue weighted by Gasteiger charge is -2.24. The highest BCUT2D eigenvalue weighted by Crippen LogP contribution is 2.34. The van der Waals surface area contributed by atoms with E-state index in [4.69, 9.17) is 0 Å². The normalized spacial score (nSPS) is 25.3. The first-order valence-electron chi connectivity index (χ1n) is 9.17. The summed E-state index contributed by atoms with van der Waals surface area (Å²) < 4.78 is 1.82. The standard InChI is InChI=1S/C20H26N4O.ClH/c1-14-5-3-4-6-17(14)15-7-8-24(13-15)20(25)19-11-21-10-18(19)16-9-22-23(2)12-16;/h3-6,9,12,15,18-19,21H,7-8,10-11,13H2,1-2H3;1H/t15?,18-,19+;/m1./s1. The molecule has 1 amide bonds. The zero-order valence-corrected chi connectivity index (χ0v) is 16.2. The second-order valence-corrected chi connectivity index (χ2v) is 7.45. The lowest BCUT2D eigenvalue weighted by molar-refractivity contribution is -0.134. The summed E-state index contributed by atoms with van der Waals surface area (Å²) in [5.41, 5.74) is 3.89. The maximum absolute atomic E-state index is 13.2. The maximum atomic E-state index is 13.2. The number of hydrogen-bond donors (Lipinski definition) is 1. The van der Waals surface area contributed by atoms with Crippen molar-refractivity contribution in [1.82, 2.24) is 20.0 Å². The van der Waals surface area contributed by atoms with E-state index in [2.05, 4.69) is 46.5 Å². The molecule has 0 bridgehead atoms. The van der Waals surface area contributed by atoms with E-state index in [1.54, 1.807) is 0 Å². The van der Waals surface area contributed by atoms with E-state index in [1.807, 2.05) is 24.1 Å². The van der Waals surface area contributed by atoms with Gasteiger partial charge in [-0.2, -0.15) is 5.10 Å². The quantitative estimate of drug-likeness (QED) is 0.897. The van der Waals surface area contributed by atoms with Gasteiger partial charge in [0.15, 0.2) is 0 Å². The molecule has 2 saturated heterocycles. The number of aromatic nitrogens is 2. The van der Waals surface area contributed by atoms with Gasteiger partial charge in [0.2, 0.25) is 5.91 Å². The van der Waals surface area contributed by atoms with E-state index in [9.17, 15) is 4.79 Å². The molecular formula is C20H27ClN4O. The van der Waals surface area contributed by atoms with Crippen molar-refractivity contribution in [2.45, 2.75) is 25.2 Å². The van der Waals surface area contributed by atoms with Crippen LogP contribution in [-0.4, -0.2) is 46.8 Å². The fraction of sp³-hybridized carbons (Fsp3) is 0.500. The van der Waals surface area contributed by atoms with Gasteiger partial charge in [-0.1, -0.05) is 24.3 Å². The molecule has 1 unspecified atom stereocenters. The van der Waals surface area contributed by atoms with Gasteiger partial charge in [0.05, 0.1) is 12.1 Å². The second-order valence-electron chi connectivity index (χ2n) is 7.45. The van der Waals surface area contributed by atoms with Crippen molar-refractivity contribution in [1.29, 1.82) is 0 Å². The van der Waals surface area contributed by atoms with Gasteiger partial charge in [-0.3, -0.25) is 9.48 Å². The zero-order chi connectivity index (χ0) is 17.4. The topological polar surface area (TPSA) is 50.2 Å². The molecule has 140 valence electrons. The molecule has 6 heteroatoms. The minimum absolute atomic E-state index is 0. The predicted octanol–water partition coefficient (Wildman–Crippen LogP) is 2.47. The lowest BCUT2D eigenvalue weighted by Crippen LogP contribution is -2.37. The summed E-state index contributed by atoms with van der Waals surface area (Å²) in [7, 11) is 1.93. The average Bonchev–Trinajstić information content (AvgIpc) is 3.34. The highest BCUT2D eigenvalue weighted by Gasteiger charge is 2.39. The van der Waals surface area contributed by atoms with Gasteiger partial charge in [-0.05, 0) is 30.0 Å². The molecule has 3 atom stereocenters. The van der Waals surface area contributed by atoms with Crippen LogP contribution >= 0.6 is 12.4 Å². The number of benzene rings is 1. The van der Waals surface area contributed by atoms with Gasteiger partial charge >= 0.3 is 0 Å². The Labute approximate surface area is 161 Å². The first-order valence-corrected chi connectivity index (χ1v) is 9.17. The van der Waals surface area contributed by atoms with Crippen molar-refractivity contribution in [3.63, 3.8) is 0 Å². The molecule has 2 aliphatic rings. The number of nitrogens with zero attached hydrogens (tertiary/aromatic N) is 3. The van der Waals surface area contributed by atoms with Crippen molar-refractivity contribution in [3.8, 4) is 0 Å². The van der Waals surface area contributed by atoms with Gasteiger partial charge in [0.1, 0.15) is 0 Å². The fourth-order valence-electron chi connectivity index (χ4n) is 4.41. The number of hydrogen-bond acceptors (Lipinski definition) is 3. The Kier molecular flexibility index (Phi) is 5.68. The molecular weight excluding hydrogens is 348 g/mol. The Morgan fingerprint density at radius 3 is 2.81 bits per heavy atom. The van der Waals surface area contributed by atoms with Crippen LogP contribution in [0.5, 0.6) is 0 Å². The summed E-state index contributed by atoms with van der Waals surface area (Å²) in [5, 5.41) is 7.68. The SMILES string of the molecule is Cc1ccccc1C1CCN(C(=O)[C@H]2CNC[C@@H]2c2cnn(C)c2)C1.Cl. The van der Waals surface area contributed by atoms with E-state index in [0.717, 1.165) is 32.6 Å². The number of likely N-dealkylation sites (tertiary alicyclic amines) is 1. The molecule has 3 heterocycles. The van der Waals surface area contributed by atoms with Crippen LogP contribution in [0.15, 0.2) is 36.7 Å². The highest BCUT2D eigenvalue weighted by atomic mass is 35.5. The molecule has 2 aromatic rings. The molecule has 1 N–H and O–H groups in total. The van der Waals surface area contributed by atoms with Crippen LogP contribution in [0.2, 0.25) is 0 Å². The Balaban J connectivity index is 0.00000196. The Morgan fingerprint density at radius 2 is 2.08 bits per heavy atom. The molecule has 0 spiro atoms. The zero-order valence-electron chi connectivity index (χ0n) is 15.4. The minimum atomic E-state index is 0. The first kappa shape index (κ1) is 18.9. The van der Waals surface area contributed by atoms with Gasteiger partial charge in [-0.15, -0.1) is 12.4 Å². The highest BCUT2D eigenvalue weighted by molar-refractivity contribution is 5.85. The van der Waals surface area contributed by atoms with Crippen LogP contribution in [0.1, 0.15) is 34.9 Å². The largest absolute Gasteiger partial charge is 0.342 e. The number of carbonyl (C=O) groups is 1. The third-order valence-corrected chi connectivity index (χ3v) is 5.81. The number of aryl methyl sites for hydroxylation is 2. The minimum Gasteiger partial charge on any atom is -0.342 e. The number of halogens is 1. The summed E-state index contributed by atoms with van der Waals surface area (Å²) >= 11 is 0. The van der Waals surface area contributed by atoms with Crippen LogP contribution in [0.4, 0.5) is 0 Å². The monoisotopic (exact) mass is 374 g/mol. The predicted molar refractivity (Wildman–Crippen MR) is 105 cm³/mol. The van der Waals surface area contributed by atoms with Crippen molar-refractivity contribution in [2.75, 3.05) is 26.2 Å². The second kappa shape index (κ2) is 7.80. The van der Waals surface area contributed by atoms with Crippen molar-refractivity contribution in [3.05, 3.63) is 53.3 Å². The molecule has 26 heavy (non-hydrogen) atoms. The molecule has 1 aromatic carbocycles. The van der Waals surface area contributed by atoms with E-state index < -0.39 is 0 Å². The van der Waals surface area contributed by atoms with Crippen molar-refractivity contribution in [2.24, 2.45) is 13.0 Å². The van der Waals surface area contributed by atoms with Gasteiger partial charge in [0, 0.05) is 51.3 Å². The van der Waals surface area contributed by atoms with Crippen LogP contribution < -0.4 is 5.32 Å². The van der Waals surface area contributed by atoms with Crippen LogP contribution in [0.3, 0.4) is 0 Å². The first-order chi connectivity index (χ1) is 12.1. The van der Waals surface area contributed by atoms with Gasteiger partial charge in [0.25, 0.3) is 0 Å². The molecule has 4 rings (SSSR count). The van der Waals surface area contributed by atoms with Crippen LogP contribution in [-0.2, 0) is 11.8 Å². The van der Waals surface area contributed by atoms with Crippen molar-refractivity contribution < 1.29 is 4.79 Å². The third-order valence-electron chi connectivity index (χ3n) is 5.81. The van der Waals surface area contributed by atoms with E-state index >= 15 is 0 Å². The average molecular weight is 375 g/mol. The molecule has 2 aliphatic heterocycles. The Morgan fingerprint density at radius 1 is 1.27 bits per heavy atom. The Hall–Kier alpha value is -1.85. The summed E-state index contributed by atoms with van der Waals surface area (Å²) in [4.78, 5) is 15.2. The molecule has 1 aromatic heterocycles. The third kappa shape index (κ3) is 3.51. The van der Waals surface area contributed by atoms with Crippen LogP contribution in [0.25, 0.3) is 0 Å². The lowest BCUT2D eigenvalue weighted by atomic mass is 9.89. The molecule has 5 nitrogen and oxygen atoms in total. The summed E-state index contributed by atoms with van der Waals surface area (Å²) in [6.07, 6.45) is 5.00. The number of amides is 1. The summed E-state index contributed by atoms with van der Waals surface area (Å²) in [6, 6.07) is 8.56. The van der Waals surface area contributed by atoms with Gasteiger partial charge < -0.3 is 10.2 Å². The molecule has 2 fully saturated rings. The van der Waals surface area contributed by atoms with Crippen molar-refractivity contribution >= 4 is 18.3 Å². The molecule has 0 aliphatic carbocycles. The van der Waals surface area contributed by atoms with Gasteiger partial charge in [-0.25, -0.2) is 0 Å². The molecule has 0 radical (unpaired) electrons. The summed E-state index contributed by atoms with van der Waals surface area (Å²) in [6.45, 7) is 5.51. The number of nitrogens with one attached hydrogen (secondary N) is 1.